The number of nitro benzene ring substituents is 1. The molecule has 6 nitrogen and oxygen atoms in total. The summed E-state index contributed by atoms with van der Waals surface area (Å²) in [5.41, 5.74) is 1.85. The maximum absolute atomic E-state index is 11.6. The highest BCUT2D eigenvalue weighted by atomic mass is 16.6. The topological polar surface area (TPSA) is 81.5 Å². The lowest BCUT2D eigenvalue weighted by atomic mass is 10.2. The van der Waals surface area contributed by atoms with E-state index in [4.69, 9.17) is 4.74 Å². The van der Waals surface area contributed by atoms with Crippen molar-refractivity contribution in [3.05, 3.63) is 75.8 Å². The fourth-order valence-corrected chi connectivity index (χ4v) is 1.83. The molecule has 0 unspecified atom stereocenters. The molecule has 0 atom stereocenters. The molecule has 0 saturated carbocycles. The van der Waals surface area contributed by atoms with Crippen LogP contribution in [0.1, 0.15) is 11.1 Å². The molecule has 2 aromatic carbocycles. The van der Waals surface area contributed by atoms with Crippen molar-refractivity contribution in [2.45, 2.75) is 13.2 Å². The highest BCUT2D eigenvalue weighted by Gasteiger charge is 2.05. The van der Waals surface area contributed by atoms with Gasteiger partial charge in [-0.2, -0.15) is 0 Å². The second kappa shape index (κ2) is 7.90. The van der Waals surface area contributed by atoms with Crippen LogP contribution in [0.3, 0.4) is 0 Å². The first-order valence-electron chi connectivity index (χ1n) is 6.79. The molecule has 114 valence electrons. The Bertz CT molecular complexity index is 626. The van der Waals surface area contributed by atoms with Crippen LogP contribution in [0.5, 0.6) is 0 Å². The van der Waals surface area contributed by atoms with E-state index in [1.165, 1.54) is 12.1 Å². The van der Waals surface area contributed by atoms with Gasteiger partial charge in [0.15, 0.2) is 0 Å². The summed E-state index contributed by atoms with van der Waals surface area (Å²) in [6.07, 6.45) is 0. The number of carbonyl (C=O) groups excluding carboxylic acids is 1. The molecule has 0 aliphatic heterocycles. The maximum Gasteiger partial charge on any atom is 0.320 e. The lowest BCUT2D eigenvalue weighted by molar-refractivity contribution is -0.384. The van der Waals surface area contributed by atoms with Crippen molar-refractivity contribution in [3.63, 3.8) is 0 Å². The first kappa shape index (κ1) is 15.7. The van der Waals surface area contributed by atoms with Crippen LogP contribution in [0.2, 0.25) is 0 Å². The Morgan fingerprint density at radius 2 is 1.73 bits per heavy atom. The van der Waals surface area contributed by atoms with E-state index in [1.54, 1.807) is 12.1 Å². The standard InChI is InChI=1S/C16H16N2O4/c19-16(22-12-14-4-2-1-3-5-14)11-17-10-13-6-8-15(9-7-13)18(20)21/h1-9,17H,10-12H2. The van der Waals surface area contributed by atoms with E-state index >= 15 is 0 Å². The molecule has 0 radical (unpaired) electrons. The Hall–Kier alpha value is -2.73. The summed E-state index contributed by atoms with van der Waals surface area (Å²) in [7, 11) is 0. The van der Waals surface area contributed by atoms with Crippen LogP contribution < -0.4 is 5.32 Å². The molecular weight excluding hydrogens is 284 g/mol. The molecule has 0 spiro atoms. The summed E-state index contributed by atoms with van der Waals surface area (Å²) >= 11 is 0. The number of esters is 1. The first-order valence-corrected chi connectivity index (χ1v) is 6.79. The number of carbonyl (C=O) groups is 1. The van der Waals surface area contributed by atoms with E-state index in [2.05, 4.69) is 5.32 Å². The number of ether oxygens (including phenoxy) is 1. The van der Waals surface area contributed by atoms with Gasteiger partial charge in [0.05, 0.1) is 11.5 Å². The van der Waals surface area contributed by atoms with Gasteiger partial charge in [0.1, 0.15) is 6.61 Å². The summed E-state index contributed by atoms with van der Waals surface area (Å²) < 4.78 is 5.13. The van der Waals surface area contributed by atoms with Crippen molar-refractivity contribution in [2.24, 2.45) is 0 Å². The zero-order valence-electron chi connectivity index (χ0n) is 11.9. The van der Waals surface area contributed by atoms with Gasteiger partial charge < -0.3 is 10.1 Å². The van der Waals surface area contributed by atoms with Crippen LogP contribution in [0.25, 0.3) is 0 Å². The first-order chi connectivity index (χ1) is 10.6. The van der Waals surface area contributed by atoms with Gasteiger partial charge in [-0.3, -0.25) is 14.9 Å². The van der Waals surface area contributed by atoms with Gasteiger partial charge in [-0.1, -0.05) is 42.5 Å². The predicted octanol–water partition coefficient (Wildman–Crippen LogP) is 2.43. The zero-order chi connectivity index (χ0) is 15.8. The molecule has 0 bridgehead atoms. The van der Waals surface area contributed by atoms with E-state index < -0.39 is 4.92 Å². The largest absolute Gasteiger partial charge is 0.460 e. The van der Waals surface area contributed by atoms with E-state index in [9.17, 15) is 14.9 Å². The van der Waals surface area contributed by atoms with Gasteiger partial charge in [-0.15, -0.1) is 0 Å². The molecule has 2 aromatic rings. The van der Waals surface area contributed by atoms with Crippen molar-refractivity contribution in [1.29, 1.82) is 0 Å². The van der Waals surface area contributed by atoms with Gasteiger partial charge in [0.2, 0.25) is 0 Å². The minimum Gasteiger partial charge on any atom is -0.460 e. The van der Waals surface area contributed by atoms with Gasteiger partial charge in [0.25, 0.3) is 5.69 Å². The third kappa shape index (κ3) is 4.99. The SMILES string of the molecule is O=C(CNCc1ccc([N+](=O)[O-])cc1)OCc1ccccc1. The second-order valence-electron chi connectivity index (χ2n) is 4.67. The monoisotopic (exact) mass is 300 g/mol. The summed E-state index contributed by atoms with van der Waals surface area (Å²) in [5.74, 6) is -0.342. The third-order valence-corrected chi connectivity index (χ3v) is 2.99. The van der Waals surface area contributed by atoms with Gasteiger partial charge in [-0.25, -0.2) is 0 Å². The number of benzene rings is 2. The van der Waals surface area contributed by atoms with Crippen LogP contribution in [0.15, 0.2) is 54.6 Å². The van der Waals surface area contributed by atoms with Gasteiger partial charge >= 0.3 is 5.97 Å². The fourth-order valence-electron chi connectivity index (χ4n) is 1.83. The van der Waals surface area contributed by atoms with E-state index in [0.717, 1.165) is 11.1 Å². The Balaban J connectivity index is 1.69. The normalized spacial score (nSPS) is 10.2. The minimum atomic E-state index is -0.446. The number of nitrogens with one attached hydrogen (secondary N) is 1. The molecular formula is C16H16N2O4. The van der Waals surface area contributed by atoms with Crippen molar-refractivity contribution >= 4 is 11.7 Å². The summed E-state index contributed by atoms with van der Waals surface area (Å²) in [6.45, 7) is 0.779. The quantitative estimate of drug-likeness (QED) is 0.482. The predicted molar refractivity (Wildman–Crippen MR) is 81.0 cm³/mol. The molecule has 0 fully saturated rings. The van der Waals surface area contributed by atoms with Crippen LogP contribution in [0.4, 0.5) is 5.69 Å². The van der Waals surface area contributed by atoms with Crippen molar-refractivity contribution in [2.75, 3.05) is 6.54 Å². The molecule has 2 rings (SSSR count). The molecule has 0 aliphatic rings. The minimum absolute atomic E-state index is 0.0472. The van der Waals surface area contributed by atoms with E-state index in [0.29, 0.717) is 6.54 Å². The van der Waals surface area contributed by atoms with Crippen LogP contribution in [-0.2, 0) is 22.7 Å². The summed E-state index contributed by atoms with van der Waals surface area (Å²) in [5, 5.41) is 13.5. The Morgan fingerprint density at radius 3 is 2.36 bits per heavy atom. The Kier molecular flexibility index (Phi) is 5.62. The smallest absolute Gasteiger partial charge is 0.320 e. The van der Waals surface area contributed by atoms with Crippen LogP contribution in [-0.4, -0.2) is 17.4 Å². The second-order valence-corrected chi connectivity index (χ2v) is 4.67. The van der Waals surface area contributed by atoms with Crippen molar-refractivity contribution in [1.82, 2.24) is 5.32 Å². The molecule has 0 saturated heterocycles. The molecule has 0 aliphatic carbocycles. The number of nitrogens with zero attached hydrogens (tertiary/aromatic N) is 1. The fraction of sp³-hybridized carbons (Fsp3) is 0.188. The number of nitro groups is 1. The van der Waals surface area contributed by atoms with Crippen LogP contribution in [0, 0.1) is 10.1 Å². The molecule has 0 aromatic heterocycles. The van der Waals surface area contributed by atoms with Crippen LogP contribution >= 0.6 is 0 Å². The average Bonchev–Trinajstić information content (AvgIpc) is 2.54. The average molecular weight is 300 g/mol. The lowest BCUT2D eigenvalue weighted by Crippen LogP contribution is -2.24. The van der Waals surface area contributed by atoms with Gasteiger partial charge in [0, 0.05) is 18.7 Å². The Labute approximate surface area is 127 Å². The maximum atomic E-state index is 11.6. The number of rotatable bonds is 7. The number of hydrogen-bond donors (Lipinski definition) is 1. The third-order valence-electron chi connectivity index (χ3n) is 2.99. The zero-order valence-corrected chi connectivity index (χ0v) is 11.9. The highest BCUT2D eigenvalue weighted by molar-refractivity contribution is 5.71. The molecule has 0 amide bonds. The number of non-ortho nitro benzene ring substituents is 1. The summed E-state index contributed by atoms with van der Waals surface area (Å²) in [6, 6.07) is 15.6. The molecule has 22 heavy (non-hydrogen) atoms. The van der Waals surface area contributed by atoms with E-state index in [-0.39, 0.29) is 24.8 Å². The van der Waals surface area contributed by atoms with E-state index in [1.807, 2.05) is 30.3 Å². The van der Waals surface area contributed by atoms with Crippen molar-refractivity contribution < 1.29 is 14.5 Å². The molecule has 1 N–H and O–H groups in total. The molecule has 6 heteroatoms. The number of hydrogen-bond acceptors (Lipinski definition) is 5. The molecule has 0 heterocycles. The van der Waals surface area contributed by atoms with Gasteiger partial charge in [-0.05, 0) is 11.1 Å². The lowest BCUT2D eigenvalue weighted by Gasteiger charge is -2.06. The highest BCUT2D eigenvalue weighted by Crippen LogP contribution is 2.11. The van der Waals surface area contributed by atoms with Crippen molar-refractivity contribution in [3.8, 4) is 0 Å². The Morgan fingerprint density at radius 1 is 1.05 bits per heavy atom. The summed E-state index contributed by atoms with van der Waals surface area (Å²) in [4.78, 5) is 21.7.